The molecule has 0 spiro atoms. The Morgan fingerprint density at radius 1 is 1.07 bits per heavy atom. The van der Waals surface area contributed by atoms with Crippen LogP contribution in [0.3, 0.4) is 0 Å². The van der Waals surface area contributed by atoms with Crippen LogP contribution in [0.2, 0.25) is 0 Å². The SMILES string of the molecule is CCOCc1ccc(-c2ccc(C(=O)N[C@H](C(=O)NO)C(C)(C)N)cc2)cc1. The van der Waals surface area contributed by atoms with Gasteiger partial charge in [0.1, 0.15) is 6.04 Å². The predicted molar refractivity (Wildman–Crippen MR) is 107 cm³/mol. The van der Waals surface area contributed by atoms with Gasteiger partial charge in [-0.15, -0.1) is 0 Å². The van der Waals surface area contributed by atoms with Crippen LogP contribution >= 0.6 is 0 Å². The van der Waals surface area contributed by atoms with Crippen LogP contribution in [0, 0.1) is 0 Å². The van der Waals surface area contributed by atoms with Gasteiger partial charge in [0.2, 0.25) is 0 Å². The number of carbonyl (C=O) groups is 2. The molecule has 2 aromatic carbocycles. The summed E-state index contributed by atoms with van der Waals surface area (Å²) in [6, 6.07) is 14.0. The number of rotatable bonds is 8. The summed E-state index contributed by atoms with van der Waals surface area (Å²) >= 11 is 0. The molecule has 0 aromatic heterocycles. The van der Waals surface area contributed by atoms with E-state index in [9.17, 15) is 9.59 Å². The topological polar surface area (TPSA) is 114 Å². The maximum atomic E-state index is 12.5. The van der Waals surface area contributed by atoms with Crippen LogP contribution in [0.5, 0.6) is 0 Å². The van der Waals surface area contributed by atoms with Crippen LogP contribution in [0.15, 0.2) is 48.5 Å². The molecule has 1 atom stereocenters. The van der Waals surface area contributed by atoms with Crippen molar-refractivity contribution in [3.63, 3.8) is 0 Å². The van der Waals surface area contributed by atoms with Gasteiger partial charge in [-0.3, -0.25) is 14.8 Å². The number of hydrogen-bond acceptors (Lipinski definition) is 5. The van der Waals surface area contributed by atoms with Crippen molar-refractivity contribution in [1.82, 2.24) is 10.8 Å². The largest absolute Gasteiger partial charge is 0.377 e. The maximum absolute atomic E-state index is 12.5. The summed E-state index contributed by atoms with van der Waals surface area (Å²) in [7, 11) is 0. The molecule has 2 amide bonds. The van der Waals surface area contributed by atoms with Gasteiger partial charge in [-0.05, 0) is 49.6 Å². The van der Waals surface area contributed by atoms with E-state index >= 15 is 0 Å². The normalized spacial score (nSPS) is 12.3. The highest BCUT2D eigenvalue weighted by Gasteiger charge is 2.33. The van der Waals surface area contributed by atoms with Crippen molar-refractivity contribution in [3.05, 3.63) is 59.7 Å². The smallest absolute Gasteiger partial charge is 0.267 e. The van der Waals surface area contributed by atoms with Gasteiger partial charge < -0.3 is 15.8 Å². The summed E-state index contributed by atoms with van der Waals surface area (Å²) in [5.41, 5.74) is 9.88. The molecule has 0 saturated heterocycles. The number of amides is 2. The van der Waals surface area contributed by atoms with E-state index in [1.807, 2.05) is 43.3 Å². The van der Waals surface area contributed by atoms with E-state index in [1.165, 1.54) is 5.48 Å². The van der Waals surface area contributed by atoms with Crippen molar-refractivity contribution in [2.24, 2.45) is 5.73 Å². The minimum atomic E-state index is -1.08. The fraction of sp³-hybridized carbons (Fsp3) is 0.333. The Bertz CT molecular complexity index is 796. The van der Waals surface area contributed by atoms with E-state index in [0.29, 0.717) is 18.8 Å². The standard InChI is InChI=1S/C21H27N3O4/c1-4-28-13-14-5-7-15(8-6-14)16-9-11-17(12-10-16)19(25)23-18(20(26)24-27)21(2,3)22/h5-12,18,27H,4,13,22H2,1-3H3,(H,23,25)(H,24,26)/t18-/m1/s1. The quantitative estimate of drug-likeness (QED) is 0.411. The zero-order chi connectivity index (χ0) is 20.7. The van der Waals surface area contributed by atoms with E-state index in [4.69, 9.17) is 15.7 Å². The monoisotopic (exact) mass is 385 g/mol. The van der Waals surface area contributed by atoms with E-state index in [1.54, 1.807) is 26.0 Å². The second-order valence-electron chi connectivity index (χ2n) is 7.12. The Morgan fingerprint density at radius 3 is 2.07 bits per heavy atom. The third-order valence-corrected chi connectivity index (χ3v) is 4.30. The average Bonchev–Trinajstić information content (AvgIpc) is 2.69. The summed E-state index contributed by atoms with van der Waals surface area (Å²) < 4.78 is 5.39. The van der Waals surface area contributed by atoms with Crippen LogP contribution in [0.1, 0.15) is 36.7 Å². The molecule has 0 radical (unpaired) electrons. The van der Waals surface area contributed by atoms with Crippen molar-refractivity contribution < 1.29 is 19.5 Å². The number of ether oxygens (including phenoxy) is 1. The molecular weight excluding hydrogens is 358 g/mol. The molecule has 150 valence electrons. The van der Waals surface area contributed by atoms with E-state index in [0.717, 1.165) is 16.7 Å². The number of hydrogen-bond donors (Lipinski definition) is 4. The van der Waals surface area contributed by atoms with Crippen molar-refractivity contribution in [1.29, 1.82) is 0 Å². The molecule has 2 rings (SSSR count). The van der Waals surface area contributed by atoms with Crippen LogP contribution in [0.25, 0.3) is 11.1 Å². The van der Waals surface area contributed by atoms with Crippen molar-refractivity contribution in [3.8, 4) is 11.1 Å². The predicted octanol–water partition coefficient (Wildman–Crippen LogP) is 2.23. The summed E-state index contributed by atoms with van der Waals surface area (Å²) in [4.78, 5) is 24.3. The lowest BCUT2D eigenvalue weighted by molar-refractivity contribution is -0.132. The molecule has 2 aromatic rings. The molecule has 0 saturated carbocycles. The number of carbonyl (C=O) groups excluding carboxylic acids is 2. The molecule has 0 aliphatic rings. The molecule has 0 aliphatic carbocycles. The highest BCUT2D eigenvalue weighted by Crippen LogP contribution is 2.21. The van der Waals surface area contributed by atoms with Gasteiger partial charge in [0, 0.05) is 17.7 Å². The Balaban J connectivity index is 2.10. The van der Waals surface area contributed by atoms with Crippen LogP contribution < -0.4 is 16.5 Å². The van der Waals surface area contributed by atoms with Crippen molar-refractivity contribution in [2.45, 2.75) is 39.0 Å². The highest BCUT2D eigenvalue weighted by atomic mass is 16.5. The third-order valence-electron chi connectivity index (χ3n) is 4.30. The molecule has 0 fully saturated rings. The lowest BCUT2D eigenvalue weighted by atomic mass is 9.94. The molecular formula is C21H27N3O4. The first kappa shape index (κ1) is 21.6. The third kappa shape index (κ3) is 5.63. The van der Waals surface area contributed by atoms with Gasteiger partial charge in [0.15, 0.2) is 0 Å². The average molecular weight is 385 g/mol. The molecule has 7 nitrogen and oxygen atoms in total. The maximum Gasteiger partial charge on any atom is 0.267 e. The van der Waals surface area contributed by atoms with Crippen molar-refractivity contribution in [2.75, 3.05) is 6.61 Å². The van der Waals surface area contributed by atoms with Crippen molar-refractivity contribution >= 4 is 11.8 Å². The second kappa shape index (κ2) is 9.45. The van der Waals surface area contributed by atoms with Gasteiger partial charge in [-0.2, -0.15) is 0 Å². The minimum absolute atomic E-state index is 0.386. The zero-order valence-corrected chi connectivity index (χ0v) is 16.4. The van der Waals surface area contributed by atoms with E-state index in [-0.39, 0.29) is 0 Å². The van der Waals surface area contributed by atoms with Gasteiger partial charge >= 0.3 is 0 Å². The fourth-order valence-corrected chi connectivity index (χ4v) is 2.70. The highest BCUT2D eigenvalue weighted by molar-refractivity contribution is 5.98. The van der Waals surface area contributed by atoms with Crippen LogP contribution in [-0.4, -0.2) is 35.2 Å². The molecule has 0 unspecified atom stereocenters. The van der Waals surface area contributed by atoms with Crippen LogP contribution in [-0.2, 0) is 16.1 Å². The van der Waals surface area contributed by atoms with Gasteiger partial charge in [-0.1, -0.05) is 36.4 Å². The lowest BCUT2D eigenvalue weighted by Crippen LogP contribution is -2.61. The number of nitrogens with one attached hydrogen (secondary N) is 2. The Hall–Kier alpha value is -2.74. The first-order valence-corrected chi connectivity index (χ1v) is 9.07. The molecule has 28 heavy (non-hydrogen) atoms. The summed E-state index contributed by atoms with van der Waals surface area (Å²) in [5, 5.41) is 11.4. The van der Waals surface area contributed by atoms with E-state index < -0.39 is 23.4 Å². The zero-order valence-electron chi connectivity index (χ0n) is 16.4. The van der Waals surface area contributed by atoms with Gasteiger partial charge in [0.05, 0.1) is 6.61 Å². The molecule has 7 heteroatoms. The molecule has 0 bridgehead atoms. The van der Waals surface area contributed by atoms with Gasteiger partial charge in [-0.25, -0.2) is 5.48 Å². The lowest BCUT2D eigenvalue weighted by Gasteiger charge is -2.29. The summed E-state index contributed by atoms with van der Waals surface area (Å²) in [6.07, 6.45) is 0. The number of hydroxylamine groups is 1. The van der Waals surface area contributed by atoms with E-state index in [2.05, 4.69) is 5.32 Å². The van der Waals surface area contributed by atoms with Crippen LogP contribution in [0.4, 0.5) is 0 Å². The molecule has 5 N–H and O–H groups in total. The number of benzene rings is 2. The Kier molecular flexibility index (Phi) is 7.28. The van der Waals surface area contributed by atoms with Gasteiger partial charge in [0.25, 0.3) is 11.8 Å². The second-order valence-corrected chi connectivity index (χ2v) is 7.12. The minimum Gasteiger partial charge on any atom is -0.377 e. The molecule has 0 heterocycles. The Labute approximate surface area is 164 Å². The summed E-state index contributed by atoms with van der Waals surface area (Å²) in [6.45, 7) is 6.39. The number of nitrogens with two attached hydrogens (primary N) is 1. The Morgan fingerprint density at radius 2 is 1.61 bits per heavy atom. The molecule has 0 aliphatic heterocycles. The first-order chi connectivity index (χ1) is 13.3. The summed E-state index contributed by atoms with van der Waals surface area (Å²) in [5.74, 6) is -1.23. The first-order valence-electron chi connectivity index (χ1n) is 9.07. The fourth-order valence-electron chi connectivity index (χ4n) is 2.70.